The predicted octanol–water partition coefficient (Wildman–Crippen LogP) is 3.03. The summed E-state index contributed by atoms with van der Waals surface area (Å²) in [5.41, 5.74) is 1.03. The number of phenolic OH excluding ortho intramolecular Hbond substituents is 1. The van der Waals surface area contributed by atoms with Gasteiger partial charge in [0.05, 0.1) is 7.11 Å². The van der Waals surface area contributed by atoms with Crippen LogP contribution in [0.2, 0.25) is 0 Å². The summed E-state index contributed by atoms with van der Waals surface area (Å²) < 4.78 is 5.05. The number of carbonyl (C=O) groups excluding carboxylic acids is 1. The van der Waals surface area contributed by atoms with Gasteiger partial charge in [-0.2, -0.15) is 0 Å². The Bertz CT molecular complexity index is 418. The number of amides is 1. The molecule has 20 heavy (non-hydrogen) atoms. The van der Waals surface area contributed by atoms with Crippen LogP contribution in [0, 0.1) is 0 Å². The summed E-state index contributed by atoms with van der Waals surface area (Å²) in [5.74, 6) is 0.719. The average molecular weight is 279 g/mol. The van der Waals surface area contributed by atoms with Crippen LogP contribution >= 0.6 is 0 Å². The van der Waals surface area contributed by atoms with Gasteiger partial charge in [0.15, 0.2) is 11.5 Å². The number of methoxy groups -OCH3 is 1. The van der Waals surface area contributed by atoms with Crippen molar-refractivity contribution < 1.29 is 14.6 Å². The maximum atomic E-state index is 11.6. The second-order valence-electron chi connectivity index (χ2n) is 4.92. The lowest BCUT2D eigenvalue weighted by Crippen LogP contribution is -2.25. The Labute approximate surface area is 121 Å². The molecule has 2 N–H and O–H groups in total. The van der Waals surface area contributed by atoms with Crippen LogP contribution in [0.15, 0.2) is 18.2 Å². The zero-order valence-electron chi connectivity index (χ0n) is 12.4. The summed E-state index contributed by atoms with van der Waals surface area (Å²) in [6.07, 6.45) is 5.81. The zero-order valence-corrected chi connectivity index (χ0v) is 12.4. The highest BCUT2D eigenvalue weighted by molar-refractivity contribution is 5.75. The molecule has 0 atom stereocenters. The highest BCUT2D eigenvalue weighted by Crippen LogP contribution is 2.26. The van der Waals surface area contributed by atoms with Gasteiger partial charge in [-0.25, -0.2) is 0 Å². The van der Waals surface area contributed by atoms with Crippen molar-refractivity contribution >= 4 is 5.91 Å². The number of aromatic hydroxyl groups is 1. The minimum atomic E-state index is 0.117. The molecular formula is C16H25NO3. The Morgan fingerprint density at radius 1 is 1.30 bits per heavy atom. The van der Waals surface area contributed by atoms with Gasteiger partial charge < -0.3 is 15.2 Å². The lowest BCUT2D eigenvalue weighted by atomic mass is 10.1. The number of phenols is 1. The normalized spacial score (nSPS) is 10.3. The summed E-state index contributed by atoms with van der Waals surface area (Å²) in [6, 6.07) is 5.24. The van der Waals surface area contributed by atoms with Crippen LogP contribution in [0.4, 0.5) is 0 Å². The van der Waals surface area contributed by atoms with Gasteiger partial charge in [-0.3, -0.25) is 4.79 Å². The molecule has 0 saturated carbocycles. The third-order valence-electron chi connectivity index (χ3n) is 3.24. The van der Waals surface area contributed by atoms with Crippen LogP contribution in [0.1, 0.15) is 44.6 Å². The van der Waals surface area contributed by atoms with Crippen LogP contribution in [0.3, 0.4) is 0 Å². The van der Waals surface area contributed by atoms with E-state index in [0.717, 1.165) is 24.8 Å². The molecule has 0 aliphatic rings. The van der Waals surface area contributed by atoms with Crippen LogP contribution in [0.5, 0.6) is 11.5 Å². The molecule has 1 rings (SSSR count). The maximum Gasteiger partial charge on any atom is 0.220 e. The molecule has 0 aliphatic heterocycles. The van der Waals surface area contributed by atoms with Crippen molar-refractivity contribution in [2.45, 2.75) is 45.4 Å². The molecule has 0 radical (unpaired) electrons. The summed E-state index contributed by atoms with van der Waals surface area (Å²) in [4.78, 5) is 11.6. The van der Waals surface area contributed by atoms with Crippen molar-refractivity contribution in [3.63, 3.8) is 0 Å². The Morgan fingerprint density at radius 3 is 2.80 bits per heavy atom. The molecule has 0 heterocycles. The van der Waals surface area contributed by atoms with E-state index in [-0.39, 0.29) is 11.7 Å². The maximum absolute atomic E-state index is 11.6. The molecule has 1 aromatic rings. The van der Waals surface area contributed by atoms with Crippen LogP contribution in [-0.2, 0) is 11.2 Å². The Balaban J connectivity index is 2.25. The van der Waals surface area contributed by atoms with Gasteiger partial charge in [0.25, 0.3) is 0 Å². The number of unbranched alkanes of at least 4 members (excludes halogenated alkanes) is 3. The van der Waals surface area contributed by atoms with E-state index in [2.05, 4.69) is 12.2 Å². The number of carbonyl (C=O) groups is 1. The molecule has 0 unspecified atom stereocenters. The minimum Gasteiger partial charge on any atom is -0.504 e. The first-order chi connectivity index (χ1) is 9.67. The largest absolute Gasteiger partial charge is 0.504 e. The van der Waals surface area contributed by atoms with Crippen LogP contribution in [-0.4, -0.2) is 24.7 Å². The molecule has 0 aliphatic carbocycles. The quantitative estimate of drug-likeness (QED) is 0.683. The molecule has 4 heteroatoms. The second-order valence-corrected chi connectivity index (χ2v) is 4.92. The summed E-state index contributed by atoms with van der Waals surface area (Å²) in [6.45, 7) is 2.77. The van der Waals surface area contributed by atoms with E-state index >= 15 is 0 Å². The van der Waals surface area contributed by atoms with Crippen molar-refractivity contribution in [2.75, 3.05) is 13.7 Å². The Hall–Kier alpha value is -1.71. The molecule has 0 saturated heterocycles. The van der Waals surface area contributed by atoms with Gasteiger partial charge in [-0.15, -0.1) is 0 Å². The molecule has 0 aromatic heterocycles. The molecule has 4 nitrogen and oxygen atoms in total. The van der Waals surface area contributed by atoms with Crippen molar-refractivity contribution in [3.8, 4) is 11.5 Å². The fourth-order valence-corrected chi connectivity index (χ4v) is 2.02. The number of nitrogens with one attached hydrogen (secondary N) is 1. The fraction of sp³-hybridized carbons (Fsp3) is 0.562. The lowest BCUT2D eigenvalue weighted by molar-refractivity contribution is -0.121. The molecule has 1 aromatic carbocycles. The highest BCUT2D eigenvalue weighted by atomic mass is 16.5. The smallest absolute Gasteiger partial charge is 0.220 e. The first-order valence-corrected chi connectivity index (χ1v) is 7.30. The van der Waals surface area contributed by atoms with E-state index < -0.39 is 0 Å². The van der Waals surface area contributed by atoms with E-state index in [1.807, 2.05) is 6.07 Å². The van der Waals surface area contributed by atoms with Gasteiger partial charge in [0, 0.05) is 13.0 Å². The summed E-state index contributed by atoms with van der Waals surface area (Å²) in [7, 11) is 1.52. The zero-order chi connectivity index (χ0) is 14.8. The second kappa shape index (κ2) is 9.23. The first kappa shape index (κ1) is 16.3. The number of hydrogen-bond donors (Lipinski definition) is 2. The van der Waals surface area contributed by atoms with Crippen molar-refractivity contribution in [2.24, 2.45) is 0 Å². The van der Waals surface area contributed by atoms with Gasteiger partial charge >= 0.3 is 0 Å². The first-order valence-electron chi connectivity index (χ1n) is 7.30. The summed E-state index contributed by atoms with van der Waals surface area (Å²) >= 11 is 0. The molecule has 0 fully saturated rings. The average Bonchev–Trinajstić information content (AvgIpc) is 2.45. The lowest BCUT2D eigenvalue weighted by Gasteiger charge is -2.08. The fourth-order valence-electron chi connectivity index (χ4n) is 2.02. The van der Waals surface area contributed by atoms with Crippen molar-refractivity contribution in [3.05, 3.63) is 23.8 Å². The third kappa shape index (κ3) is 5.95. The molecular weight excluding hydrogens is 254 g/mol. The van der Waals surface area contributed by atoms with E-state index in [1.165, 1.54) is 20.0 Å². The Kier molecular flexibility index (Phi) is 7.55. The topological polar surface area (TPSA) is 58.6 Å². The van der Waals surface area contributed by atoms with Crippen LogP contribution in [0.25, 0.3) is 0 Å². The van der Waals surface area contributed by atoms with E-state index in [9.17, 15) is 9.90 Å². The number of ether oxygens (including phenoxy) is 1. The van der Waals surface area contributed by atoms with E-state index in [1.54, 1.807) is 12.1 Å². The monoisotopic (exact) mass is 279 g/mol. The number of rotatable bonds is 9. The standard InChI is InChI=1S/C16H25NO3/c1-3-4-5-6-7-16(19)17-11-10-13-8-9-14(18)15(12-13)20-2/h8-9,12,18H,3-7,10-11H2,1-2H3,(H,17,19). The molecule has 112 valence electrons. The van der Waals surface area contributed by atoms with Crippen molar-refractivity contribution in [1.82, 2.24) is 5.32 Å². The molecule has 0 bridgehead atoms. The van der Waals surface area contributed by atoms with Gasteiger partial charge in [0.2, 0.25) is 5.91 Å². The van der Waals surface area contributed by atoms with Gasteiger partial charge in [-0.1, -0.05) is 32.3 Å². The number of hydrogen-bond acceptors (Lipinski definition) is 3. The van der Waals surface area contributed by atoms with Crippen molar-refractivity contribution in [1.29, 1.82) is 0 Å². The number of benzene rings is 1. The molecule has 1 amide bonds. The van der Waals surface area contributed by atoms with E-state index in [4.69, 9.17) is 4.74 Å². The highest BCUT2D eigenvalue weighted by Gasteiger charge is 2.04. The Morgan fingerprint density at radius 2 is 2.10 bits per heavy atom. The molecule has 0 spiro atoms. The summed E-state index contributed by atoms with van der Waals surface area (Å²) in [5, 5.41) is 12.4. The van der Waals surface area contributed by atoms with Gasteiger partial charge in [0.1, 0.15) is 0 Å². The van der Waals surface area contributed by atoms with Gasteiger partial charge in [-0.05, 0) is 30.5 Å². The van der Waals surface area contributed by atoms with E-state index in [0.29, 0.717) is 18.7 Å². The SMILES string of the molecule is CCCCCCC(=O)NCCc1ccc(O)c(OC)c1. The third-order valence-corrected chi connectivity index (χ3v) is 3.24. The predicted molar refractivity (Wildman–Crippen MR) is 80.1 cm³/mol. The minimum absolute atomic E-state index is 0.117. The van der Waals surface area contributed by atoms with Crippen LogP contribution < -0.4 is 10.1 Å².